The van der Waals surface area contributed by atoms with Crippen LogP contribution < -0.4 is 0 Å². The zero-order valence-electron chi connectivity index (χ0n) is 11.0. The molecule has 1 fully saturated rings. The van der Waals surface area contributed by atoms with Crippen molar-refractivity contribution in [2.75, 3.05) is 11.5 Å². The molecule has 0 aliphatic carbocycles. The fourth-order valence-corrected chi connectivity index (χ4v) is 4.52. The number of carbonyl (C=O) groups is 2. The molecular weight excluding hydrogens is 316 g/mol. The number of rotatable bonds is 4. The van der Waals surface area contributed by atoms with Crippen molar-refractivity contribution < 1.29 is 19.8 Å². The van der Waals surface area contributed by atoms with Crippen molar-refractivity contribution in [3.8, 4) is 0 Å². The number of carbonyl (C=O) groups excluding carboxylic acids is 1. The minimum absolute atomic E-state index is 0.00308. The van der Waals surface area contributed by atoms with E-state index >= 15 is 0 Å². The summed E-state index contributed by atoms with van der Waals surface area (Å²) in [6, 6.07) is 0. The lowest BCUT2D eigenvalue weighted by molar-refractivity contribution is -0.159. The molecule has 0 bridgehead atoms. The summed E-state index contributed by atoms with van der Waals surface area (Å²) in [4.78, 5) is 24.3. The first-order chi connectivity index (χ1) is 10.0. The van der Waals surface area contributed by atoms with Crippen molar-refractivity contribution in [2.45, 2.75) is 16.5 Å². The molecule has 1 aromatic heterocycles. The largest absolute Gasteiger partial charge is 0.477 e. The molecule has 2 aliphatic heterocycles. The summed E-state index contributed by atoms with van der Waals surface area (Å²) >= 11 is 2.79. The van der Waals surface area contributed by atoms with Gasteiger partial charge in [0.2, 0.25) is 0 Å². The van der Waals surface area contributed by atoms with Gasteiger partial charge >= 0.3 is 5.97 Å². The normalized spacial score (nSPS) is 24.9. The van der Waals surface area contributed by atoms with E-state index in [1.807, 2.05) is 0 Å². The Morgan fingerprint density at radius 2 is 2.38 bits per heavy atom. The SMILES string of the molecule is Cn1nncc1SCC1=C(C(=O)O)N2C(=O)[C@@H](O)[C@@H]2SC1. The topological polar surface area (TPSA) is 109 Å². The molecule has 3 rings (SSSR count). The van der Waals surface area contributed by atoms with Gasteiger partial charge in [-0.15, -0.1) is 28.6 Å². The van der Waals surface area contributed by atoms with E-state index in [1.54, 1.807) is 17.9 Å². The number of aryl methyl sites for hydroxylation is 1. The number of hydrogen-bond acceptors (Lipinski definition) is 7. The molecule has 0 unspecified atom stereocenters. The van der Waals surface area contributed by atoms with Gasteiger partial charge in [-0.1, -0.05) is 5.21 Å². The van der Waals surface area contributed by atoms with Crippen LogP contribution in [0, 0.1) is 0 Å². The Bertz CT molecular complexity index is 644. The lowest BCUT2D eigenvalue weighted by atomic mass is 10.1. The van der Waals surface area contributed by atoms with E-state index in [1.165, 1.54) is 28.4 Å². The van der Waals surface area contributed by atoms with Crippen LogP contribution in [0.25, 0.3) is 0 Å². The highest BCUT2D eigenvalue weighted by atomic mass is 32.2. The lowest BCUT2D eigenvalue weighted by Gasteiger charge is -2.47. The summed E-state index contributed by atoms with van der Waals surface area (Å²) in [6.07, 6.45) is 0.503. The van der Waals surface area contributed by atoms with E-state index in [-0.39, 0.29) is 5.70 Å². The number of aromatic nitrogens is 3. The minimum Gasteiger partial charge on any atom is -0.477 e. The van der Waals surface area contributed by atoms with Gasteiger partial charge < -0.3 is 10.2 Å². The first-order valence-corrected chi connectivity index (χ1v) is 8.09. The molecule has 112 valence electrons. The lowest BCUT2D eigenvalue weighted by Crippen LogP contribution is -2.64. The highest BCUT2D eigenvalue weighted by Gasteiger charge is 2.52. The molecule has 0 radical (unpaired) electrons. The highest BCUT2D eigenvalue weighted by Crippen LogP contribution is 2.41. The Morgan fingerprint density at radius 3 is 3.00 bits per heavy atom. The van der Waals surface area contributed by atoms with Crippen LogP contribution in [0.1, 0.15) is 0 Å². The van der Waals surface area contributed by atoms with Crippen LogP contribution in [0.2, 0.25) is 0 Å². The van der Waals surface area contributed by atoms with Gasteiger partial charge in [-0.2, -0.15) is 0 Å². The van der Waals surface area contributed by atoms with Crippen molar-refractivity contribution in [1.29, 1.82) is 0 Å². The van der Waals surface area contributed by atoms with Crippen LogP contribution in [-0.4, -0.2) is 65.0 Å². The number of fused-ring (bicyclic) bond motifs is 1. The molecule has 2 atom stereocenters. The van der Waals surface area contributed by atoms with E-state index in [9.17, 15) is 19.8 Å². The predicted molar refractivity (Wildman–Crippen MR) is 75.5 cm³/mol. The van der Waals surface area contributed by atoms with Gasteiger partial charge in [0.05, 0.1) is 6.20 Å². The summed E-state index contributed by atoms with van der Waals surface area (Å²) in [5.41, 5.74) is 0.659. The third kappa shape index (κ3) is 2.32. The molecule has 21 heavy (non-hydrogen) atoms. The second-order valence-corrected chi connectivity index (χ2v) is 6.70. The number of amides is 1. The second-order valence-electron chi connectivity index (χ2n) is 4.60. The zero-order valence-corrected chi connectivity index (χ0v) is 12.6. The standard InChI is InChI=1S/C11H12N4O4S2/c1-14-6(2-12-13-14)20-3-5-4-21-10-8(16)9(17)15(10)7(5)11(18)19/h2,8,10,16H,3-4H2,1H3,(H,18,19)/t8-,10+/m1/s1. The maximum Gasteiger partial charge on any atom is 0.352 e. The van der Waals surface area contributed by atoms with Crippen LogP contribution in [0.3, 0.4) is 0 Å². The highest BCUT2D eigenvalue weighted by molar-refractivity contribution is 8.01. The number of aliphatic hydroxyl groups excluding tert-OH is 1. The van der Waals surface area contributed by atoms with E-state index in [2.05, 4.69) is 10.3 Å². The van der Waals surface area contributed by atoms with E-state index in [0.717, 1.165) is 5.03 Å². The van der Waals surface area contributed by atoms with E-state index < -0.39 is 23.4 Å². The van der Waals surface area contributed by atoms with E-state index in [0.29, 0.717) is 17.1 Å². The molecule has 0 saturated carbocycles. The average molecular weight is 328 g/mol. The molecule has 8 nitrogen and oxygen atoms in total. The van der Waals surface area contributed by atoms with Gasteiger partial charge in [0.25, 0.3) is 5.91 Å². The number of aliphatic hydroxyl groups is 1. The quantitative estimate of drug-likeness (QED) is 0.564. The number of nitrogens with zero attached hydrogens (tertiary/aromatic N) is 4. The molecule has 10 heteroatoms. The average Bonchev–Trinajstić information content (AvgIpc) is 2.88. The van der Waals surface area contributed by atoms with Crippen LogP contribution in [0.15, 0.2) is 22.5 Å². The Labute approximate surface area is 128 Å². The Morgan fingerprint density at radius 1 is 1.62 bits per heavy atom. The predicted octanol–water partition coefficient (Wildman–Crippen LogP) is -0.478. The van der Waals surface area contributed by atoms with Crippen molar-refractivity contribution in [2.24, 2.45) is 7.05 Å². The summed E-state index contributed by atoms with van der Waals surface area (Å²) < 4.78 is 1.60. The van der Waals surface area contributed by atoms with E-state index in [4.69, 9.17) is 0 Å². The number of carboxylic acids is 1. The number of aliphatic carboxylic acids is 1. The van der Waals surface area contributed by atoms with Crippen LogP contribution in [0.4, 0.5) is 0 Å². The Balaban J connectivity index is 1.83. The molecule has 2 aliphatic rings. The van der Waals surface area contributed by atoms with Crippen LogP contribution >= 0.6 is 23.5 Å². The van der Waals surface area contributed by atoms with Gasteiger partial charge in [0.1, 0.15) is 16.1 Å². The molecule has 1 amide bonds. The maximum atomic E-state index is 11.7. The first-order valence-electron chi connectivity index (χ1n) is 6.06. The minimum atomic E-state index is -1.14. The first kappa shape index (κ1) is 14.4. The van der Waals surface area contributed by atoms with Gasteiger partial charge in [-0.05, 0) is 5.57 Å². The summed E-state index contributed by atoms with van der Waals surface area (Å²) in [6.45, 7) is 0. The number of hydrogen-bond donors (Lipinski definition) is 2. The van der Waals surface area contributed by atoms with Gasteiger partial charge in [0.15, 0.2) is 6.10 Å². The van der Waals surface area contributed by atoms with Gasteiger partial charge in [-0.3, -0.25) is 9.69 Å². The molecule has 2 N–H and O–H groups in total. The second kappa shape index (κ2) is 5.35. The molecule has 0 aromatic carbocycles. The fraction of sp³-hybridized carbons (Fsp3) is 0.455. The Hall–Kier alpha value is -1.52. The Kier molecular flexibility index (Phi) is 3.68. The molecule has 1 aromatic rings. The maximum absolute atomic E-state index is 11.7. The monoisotopic (exact) mass is 328 g/mol. The number of thioether (sulfide) groups is 2. The third-order valence-corrected chi connectivity index (χ3v) is 5.77. The molecular formula is C11H12N4O4S2. The van der Waals surface area contributed by atoms with Crippen molar-refractivity contribution in [3.05, 3.63) is 17.5 Å². The van der Waals surface area contributed by atoms with Crippen molar-refractivity contribution in [3.63, 3.8) is 0 Å². The smallest absolute Gasteiger partial charge is 0.352 e. The van der Waals surface area contributed by atoms with Gasteiger partial charge in [-0.25, -0.2) is 9.48 Å². The zero-order chi connectivity index (χ0) is 15.1. The number of carboxylic acid groups (broad SMARTS) is 1. The van der Waals surface area contributed by atoms with Crippen LogP contribution in [0.5, 0.6) is 0 Å². The van der Waals surface area contributed by atoms with Crippen molar-refractivity contribution in [1.82, 2.24) is 19.9 Å². The summed E-state index contributed by atoms with van der Waals surface area (Å²) in [5, 5.41) is 26.8. The summed E-state index contributed by atoms with van der Waals surface area (Å²) in [7, 11) is 1.75. The number of β-lactam (4-membered cyclic amide) rings is 1. The molecule has 0 spiro atoms. The van der Waals surface area contributed by atoms with Crippen molar-refractivity contribution >= 4 is 35.4 Å². The molecule has 1 saturated heterocycles. The fourth-order valence-electron chi connectivity index (χ4n) is 2.21. The third-order valence-electron chi connectivity index (χ3n) is 3.29. The summed E-state index contributed by atoms with van der Waals surface area (Å²) in [5.74, 6) is -0.776. The molecule has 3 heterocycles. The van der Waals surface area contributed by atoms with Crippen LogP contribution in [-0.2, 0) is 16.6 Å². The van der Waals surface area contributed by atoms with Gasteiger partial charge in [0, 0.05) is 18.6 Å².